The summed E-state index contributed by atoms with van der Waals surface area (Å²) in [7, 11) is 0. The summed E-state index contributed by atoms with van der Waals surface area (Å²) >= 11 is 0. The lowest BCUT2D eigenvalue weighted by Crippen LogP contribution is -2.23. The van der Waals surface area contributed by atoms with Gasteiger partial charge < -0.3 is 21.1 Å². The van der Waals surface area contributed by atoms with Crippen LogP contribution < -0.4 is 11.1 Å². The van der Waals surface area contributed by atoms with E-state index in [1.807, 2.05) is 6.20 Å². The molecule has 1 saturated heterocycles. The minimum Gasteiger partial charge on any atom is -0.391 e. The van der Waals surface area contributed by atoms with E-state index in [9.17, 15) is 5.11 Å². The van der Waals surface area contributed by atoms with Gasteiger partial charge in [-0.25, -0.2) is 9.97 Å². The number of aromatic amines is 1. The summed E-state index contributed by atoms with van der Waals surface area (Å²) in [6.07, 6.45) is 3.65. The Morgan fingerprint density at radius 3 is 3.00 bits per heavy atom. The average molecular weight is 233 g/mol. The highest BCUT2D eigenvalue weighted by atomic mass is 16.3. The van der Waals surface area contributed by atoms with Crippen molar-refractivity contribution in [2.75, 3.05) is 5.73 Å². The molecule has 1 aliphatic rings. The lowest BCUT2D eigenvalue weighted by atomic mass is 10.0. The number of hydrogen-bond acceptors (Lipinski definition) is 5. The summed E-state index contributed by atoms with van der Waals surface area (Å²) in [5.41, 5.74) is 8.23. The van der Waals surface area contributed by atoms with Crippen molar-refractivity contribution in [2.45, 2.75) is 31.5 Å². The van der Waals surface area contributed by atoms with Gasteiger partial charge in [0.15, 0.2) is 5.82 Å². The fourth-order valence-corrected chi connectivity index (χ4v) is 2.50. The molecule has 1 fully saturated rings. The largest absolute Gasteiger partial charge is 0.391 e. The number of fused-ring (bicyclic) bond motifs is 1. The topological polar surface area (TPSA) is 99.8 Å². The first-order valence-corrected chi connectivity index (χ1v) is 5.68. The third-order valence-electron chi connectivity index (χ3n) is 3.30. The van der Waals surface area contributed by atoms with Crippen molar-refractivity contribution in [2.24, 2.45) is 0 Å². The number of H-pyrrole nitrogens is 1. The number of nitrogen functional groups attached to an aromatic ring is 1. The van der Waals surface area contributed by atoms with Gasteiger partial charge in [-0.15, -0.1) is 0 Å². The Kier molecular flexibility index (Phi) is 2.27. The second-order valence-corrected chi connectivity index (χ2v) is 4.57. The molecule has 0 aromatic carbocycles. The molecule has 3 rings (SSSR count). The van der Waals surface area contributed by atoms with Crippen LogP contribution in [0.2, 0.25) is 0 Å². The Morgan fingerprint density at radius 2 is 2.29 bits per heavy atom. The maximum atomic E-state index is 10.0. The predicted molar refractivity (Wildman–Crippen MR) is 64.3 cm³/mol. The number of aromatic nitrogens is 3. The third kappa shape index (κ3) is 1.57. The van der Waals surface area contributed by atoms with Crippen molar-refractivity contribution in [3.8, 4) is 0 Å². The van der Waals surface area contributed by atoms with E-state index in [0.717, 1.165) is 23.0 Å². The molecule has 0 amide bonds. The third-order valence-corrected chi connectivity index (χ3v) is 3.30. The molecule has 90 valence electrons. The highest BCUT2D eigenvalue weighted by Crippen LogP contribution is 2.31. The first-order chi connectivity index (χ1) is 8.16. The normalized spacial score (nSPS) is 28.9. The summed E-state index contributed by atoms with van der Waals surface area (Å²) in [5.74, 6) is 0.432. The van der Waals surface area contributed by atoms with E-state index in [-0.39, 0.29) is 12.1 Å². The first kappa shape index (κ1) is 10.5. The van der Waals surface area contributed by atoms with Crippen molar-refractivity contribution in [1.29, 1.82) is 0 Å². The number of nitrogens with zero attached hydrogens (tertiary/aromatic N) is 2. The second-order valence-electron chi connectivity index (χ2n) is 4.57. The van der Waals surface area contributed by atoms with E-state index in [2.05, 4.69) is 27.2 Å². The molecule has 0 radical (unpaired) electrons. The van der Waals surface area contributed by atoms with E-state index >= 15 is 0 Å². The number of nitrogens with one attached hydrogen (secondary N) is 2. The Labute approximate surface area is 98.3 Å². The fraction of sp³-hybridized carbons (Fsp3) is 0.455. The minimum atomic E-state index is -0.389. The molecule has 1 aliphatic heterocycles. The zero-order valence-electron chi connectivity index (χ0n) is 9.51. The second kappa shape index (κ2) is 3.68. The van der Waals surface area contributed by atoms with Crippen LogP contribution >= 0.6 is 0 Å². The minimum absolute atomic E-state index is 0.0898. The molecule has 0 bridgehead atoms. The predicted octanol–water partition coefficient (Wildman–Crippen LogP) is 0.324. The molecule has 6 nitrogen and oxygen atoms in total. The first-order valence-electron chi connectivity index (χ1n) is 5.68. The molecule has 1 unspecified atom stereocenters. The van der Waals surface area contributed by atoms with Crippen molar-refractivity contribution < 1.29 is 5.11 Å². The Morgan fingerprint density at radius 1 is 1.47 bits per heavy atom. The van der Waals surface area contributed by atoms with Crippen LogP contribution in [0.3, 0.4) is 0 Å². The monoisotopic (exact) mass is 233 g/mol. The van der Waals surface area contributed by atoms with Gasteiger partial charge in [0.2, 0.25) is 0 Å². The standard InChI is InChI=1S/C11H15N5O/c1-5-2-7(17)8(16-5)6-3-13-10-9(6)14-4-15-11(10)12/h3-5,7-8,13,16-17H,2H2,1H3,(H2,12,14,15)/t5-,7-,8?/m1/s1. The molecule has 2 aromatic rings. The Bertz CT molecular complexity index is 552. The van der Waals surface area contributed by atoms with E-state index in [0.29, 0.717) is 11.9 Å². The van der Waals surface area contributed by atoms with Gasteiger partial charge in [-0.1, -0.05) is 0 Å². The van der Waals surface area contributed by atoms with Crippen LogP contribution in [0.5, 0.6) is 0 Å². The van der Waals surface area contributed by atoms with Crippen LogP contribution in [0.1, 0.15) is 24.9 Å². The van der Waals surface area contributed by atoms with Gasteiger partial charge >= 0.3 is 0 Å². The number of anilines is 1. The molecular weight excluding hydrogens is 218 g/mol. The van der Waals surface area contributed by atoms with Gasteiger partial charge in [-0.3, -0.25) is 0 Å². The molecular formula is C11H15N5O. The number of nitrogens with two attached hydrogens (primary N) is 1. The van der Waals surface area contributed by atoms with Crippen molar-refractivity contribution in [1.82, 2.24) is 20.3 Å². The van der Waals surface area contributed by atoms with Crippen molar-refractivity contribution >= 4 is 16.9 Å². The maximum absolute atomic E-state index is 10.0. The molecule has 17 heavy (non-hydrogen) atoms. The molecule has 3 heterocycles. The van der Waals surface area contributed by atoms with Crippen LogP contribution in [0.25, 0.3) is 11.0 Å². The summed E-state index contributed by atoms with van der Waals surface area (Å²) in [6, 6.07) is 0.215. The van der Waals surface area contributed by atoms with Gasteiger partial charge in [0.05, 0.1) is 17.7 Å². The van der Waals surface area contributed by atoms with E-state index < -0.39 is 0 Å². The van der Waals surface area contributed by atoms with Gasteiger partial charge in [0, 0.05) is 17.8 Å². The van der Waals surface area contributed by atoms with Crippen molar-refractivity contribution in [3.05, 3.63) is 18.1 Å². The van der Waals surface area contributed by atoms with Gasteiger partial charge in [0.1, 0.15) is 11.8 Å². The number of hydrogen-bond donors (Lipinski definition) is 4. The highest BCUT2D eigenvalue weighted by molar-refractivity contribution is 5.87. The smallest absolute Gasteiger partial charge is 0.151 e. The van der Waals surface area contributed by atoms with E-state index in [1.165, 1.54) is 6.33 Å². The fourth-order valence-electron chi connectivity index (χ4n) is 2.50. The average Bonchev–Trinajstić information content (AvgIpc) is 2.83. The Hall–Kier alpha value is -1.66. The molecule has 6 heteroatoms. The van der Waals surface area contributed by atoms with Crippen LogP contribution in [0.15, 0.2) is 12.5 Å². The number of aliphatic hydroxyl groups is 1. The van der Waals surface area contributed by atoms with Gasteiger partial charge in [-0.05, 0) is 13.3 Å². The maximum Gasteiger partial charge on any atom is 0.151 e. The summed E-state index contributed by atoms with van der Waals surface area (Å²) < 4.78 is 0. The molecule has 5 N–H and O–H groups in total. The highest BCUT2D eigenvalue weighted by Gasteiger charge is 2.32. The van der Waals surface area contributed by atoms with Crippen LogP contribution in [-0.4, -0.2) is 32.2 Å². The lowest BCUT2D eigenvalue weighted by molar-refractivity contribution is 0.159. The van der Waals surface area contributed by atoms with E-state index in [1.54, 1.807) is 0 Å². The quantitative estimate of drug-likeness (QED) is 0.568. The zero-order valence-corrected chi connectivity index (χ0v) is 9.51. The number of aliphatic hydroxyl groups excluding tert-OH is 1. The van der Waals surface area contributed by atoms with Gasteiger partial charge in [0.25, 0.3) is 0 Å². The zero-order chi connectivity index (χ0) is 12.0. The number of rotatable bonds is 1. The van der Waals surface area contributed by atoms with Crippen molar-refractivity contribution in [3.63, 3.8) is 0 Å². The molecule has 2 aromatic heterocycles. The summed E-state index contributed by atoms with van der Waals surface area (Å²) in [5, 5.41) is 13.4. The summed E-state index contributed by atoms with van der Waals surface area (Å²) in [6.45, 7) is 2.06. The van der Waals surface area contributed by atoms with Crippen LogP contribution in [0.4, 0.5) is 5.82 Å². The lowest BCUT2D eigenvalue weighted by Gasteiger charge is -2.13. The van der Waals surface area contributed by atoms with Gasteiger partial charge in [-0.2, -0.15) is 0 Å². The summed E-state index contributed by atoms with van der Waals surface area (Å²) in [4.78, 5) is 11.2. The molecule has 0 aliphatic carbocycles. The molecule has 3 atom stereocenters. The molecule has 0 saturated carbocycles. The van der Waals surface area contributed by atoms with E-state index in [4.69, 9.17) is 5.73 Å². The van der Waals surface area contributed by atoms with Crippen LogP contribution in [-0.2, 0) is 0 Å². The van der Waals surface area contributed by atoms with Crippen LogP contribution in [0, 0.1) is 0 Å². The Balaban J connectivity index is 2.09. The SMILES string of the molecule is C[C@@H]1C[C@@H](O)C(c2c[nH]c3c(N)ncnc23)N1. The molecule has 0 spiro atoms.